The number of carbonyl (C=O) groups is 4. The molecule has 0 aliphatic heterocycles. The monoisotopic (exact) mass is 565 g/mol. The molecule has 0 amide bonds. The van der Waals surface area contributed by atoms with Crippen molar-refractivity contribution in [3.05, 3.63) is 23.8 Å². The van der Waals surface area contributed by atoms with Gasteiger partial charge in [0.25, 0.3) is 0 Å². The first-order valence-corrected chi connectivity index (χ1v) is 14.1. The minimum atomic E-state index is -1.05. The quantitative estimate of drug-likeness (QED) is 0.205. The molecule has 0 spiro atoms. The van der Waals surface area contributed by atoms with E-state index in [9.17, 15) is 19.2 Å². The molecule has 10 heteroatoms. The lowest BCUT2D eigenvalue weighted by atomic mass is 10.0. The highest BCUT2D eigenvalue weighted by molar-refractivity contribution is 5.77. The molecule has 2 N–H and O–H groups in total. The zero-order chi connectivity index (χ0) is 30.4. The molecule has 0 heterocycles. The Morgan fingerprint density at radius 3 is 1.82 bits per heavy atom. The maximum atomic E-state index is 12.6. The fourth-order valence-electron chi connectivity index (χ4n) is 3.25. The van der Waals surface area contributed by atoms with Crippen molar-refractivity contribution in [2.24, 2.45) is 23.5 Å². The second-order valence-corrected chi connectivity index (χ2v) is 10.9. The van der Waals surface area contributed by atoms with Gasteiger partial charge >= 0.3 is 24.1 Å². The summed E-state index contributed by atoms with van der Waals surface area (Å²) in [6.07, 6.45) is -0.232. The van der Waals surface area contributed by atoms with Crippen LogP contribution in [-0.2, 0) is 35.0 Å². The number of ether oxygens (including phenoxy) is 5. The summed E-state index contributed by atoms with van der Waals surface area (Å²) in [6.45, 7) is 15.0. The smallest absolute Gasteiger partial charge is 0.458 e. The summed E-state index contributed by atoms with van der Waals surface area (Å²) < 4.78 is 26.6. The fourth-order valence-corrected chi connectivity index (χ4v) is 3.25. The summed E-state index contributed by atoms with van der Waals surface area (Å²) in [7, 11) is 0. The topological polar surface area (TPSA) is 140 Å². The lowest BCUT2D eigenvalue weighted by Crippen LogP contribution is -2.39. The summed E-state index contributed by atoms with van der Waals surface area (Å²) in [4.78, 5) is 49.4. The lowest BCUT2D eigenvalue weighted by Gasteiger charge is -2.22. The molecule has 0 fully saturated rings. The standard InChI is InChI=1S/C30H47NO9/c1-9-19(5)13-27(32)39-25-12-11-23(16-26(25)40-28(33)14-20(6)10-2)15-24(31)29(34)37-21(7)22(8)38-30(35)36-17-18(3)4/h11-12,16,18-22,24H,9-10,13-15,17,31H2,1-8H3/t19?,20?,21-,22-,24-/m0/s1. The summed E-state index contributed by atoms with van der Waals surface area (Å²) in [5, 5.41) is 0. The highest BCUT2D eigenvalue weighted by Crippen LogP contribution is 2.31. The van der Waals surface area contributed by atoms with Crippen LogP contribution in [0.3, 0.4) is 0 Å². The summed E-state index contributed by atoms with van der Waals surface area (Å²) in [5.41, 5.74) is 6.68. The van der Waals surface area contributed by atoms with Crippen molar-refractivity contribution < 1.29 is 42.9 Å². The molecule has 40 heavy (non-hydrogen) atoms. The Balaban J connectivity index is 2.92. The van der Waals surface area contributed by atoms with Gasteiger partial charge < -0.3 is 29.4 Å². The number of carbonyl (C=O) groups excluding carboxylic acids is 4. The molecule has 0 saturated carbocycles. The molecular formula is C30H47NO9. The molecular weight excluding hydrogens is 518 g/mol. The molecule has 0 aliphatic rings. The lowest BCUT2D eigenvalue weighted by molar-refractivity contribution is -0.155. The highest BCUT2D eigenvalue weighted by atomic mass is 16.7. The van der Waals surface area contributed by atoms with Crippen LogP contribution in [0.1, 0.15) is 86.6 Å². The van der Waals surface area contributed by atoms with Crippen molar-refractivity contribution in [3.8, 4) is 11.5 Å². The van der Waals surface area contributed by atoms with Crippen LogP contribution >= 0.6 is 0 Å². The summed E-state index contributed by atoms with van der Waals surface area (Å²) in [5.74, 6) is -0.948. The van der Waals surface area contributed by atoms with Crippen molar-refractivity contribution in [1.82, 2.24) is 0 Å². The van der Waals surface area contributed by atoms with Gasteiger partial charge in [-0.15, -0.1) is 0 Å². The van der Waals surface area contributed by atoms with E-state index in [1.807, 2.05) is 41.5 Å². The fraction of sp³-hybridized carbons (Fsp3) is 0.667. The number of hydrogen-bond acceptors (Lipinski definition) is 10. The predicted molar refractivity (Wildman–Crippen MR) is 150 cm³/mol. The minimum absolute atomic E-state index is 0.0637. The SMILES string of the molecule is CCC(C)CC(=O)Oc1ccc(C[C@H](N)C(=O)O[C@@H](C)[C@H](C)OC(=O)OCC(C)C)cc1OC(=O)CC(C)CC. The van der Waals surface area contributed by atoms with Crippen molar-refractivity contribution >= 4 is 24.1 Å². The number of nitrogens with two attached hydrogens (primary N) is 1. The van der Waals surface area contributed by atoms with E-state index in [1.54, 1.807) is 19.9 Å². The first-order valence-electron chi connectivity index (χ1n) is 14.1. The van der Waals surface area contributed by atoms with Gasteiger partial charge in [-0.25, -0.2) is 4.79 Å². The van der Waals surface area contributed by atoms with Gasteiger partial charge in [-0.3, -0.25) is 14.4 Å². The molecule has 5 atom stereocenters. The Bertz CT molecular complexity index is 978. The average Bonchev–Trinajstić information content (AvgIpc) is 2.88. The molecule has 1 rings (SSSR count). The first kappa shape index (κ1) is 34.9. The largest absolute Gasteiger partial charge is 0.508 e. The number of benzene rings is 1. The van der Waals surface area contributed by atoms with Crippen molar-refractivity contribution in [1.29, 1.82) is 0 Å². The molecule has 1 aromatic rings. The Morgan fingerprint density at radius 2 is 1.30 bits per heavy atom. The molecule has 0 radical (unpaired) electrons. The van der Waals surface area contributed by atoms with Gasteiger partial charge in [0.15, 0.2) is 11.5 Å². The van der Waals surface area contributed by atoms with E-state index in [1.165, 1.54) is 12.1 Å². The summed E-state index contributed by atoms with van der Waals surface area (Å²) >= 11 is 0. The van der Waals surface area contributed by atoms with Crippen LogP contribution in [0.25, 0.3) is 0 Å². The van der Waals surface area contributed by atoms with Crippen LogP contribution in [0.2, 0.25) is 0 Å². The van der Waals surface area contributed by atoms with E-state index in [2.05, 4.69) is 0 Å². The Labute approximate surface area is 238 Å². The Hall–Kier alpha value is -3.14. The van der Waals surface area contributed by atoms with Crippen LogP contribution in [-0.4, -0.2) is 48.9 Å². The van der Waals surface area contributed by atoms with Gasteiger partial charge in [0.05, 0.1) is 6.61 Å². The average molecular weight is 566 g/mol. The number of rotatable bonds is 16. The Morgan fingerprint density at radius 1 is 0.775 bits per heavy atom. The molecule has 0 saturated heterocycles. The number of esters is 3. The van der Waals surface area contributed by atoms with Crippen molar-refractivity contribution in [3.63, 3.8) is 0 Å². The van der Waals surface area contributed by atoms with Crippen LogP contribution in [0, 0.1) is 17.8 Å². The van der Waals surface area contributed by atoms with Gasteiger partial charge in [-0.1, -0.05) is 60.5 Å². The zero-order valence-corrected chi connectivity index (χ0v) is 25.2. The molecule has 2 unspecified atom stereocenters. The van der Waals surface area contributed by atoms with E-state index >= 15 is 0 Å². The molecule has 0 aliphatic carbocycles. The van der Waals surface area contributed by atoms with Crippen LogP contribution in [0.15, 0.2) is 18.2 Å². The molecule has 1 aromatic carbocycles. The predicted octanol–water partition coefficient (Wildman–Crippen LogP) is 5.37. The third-order valence-corrected chi connectivity index (χ3v) is 6.42. The second kappa shape index (κ2) is 17.5. The zero-order valence-electron chi connectivity index (χ0n) is 25.2. The number of hydrogen-bond donors (Lipinski definition) is 1. The molecule has 10 nitrogen and oxygen atoms in total. The van der Waals surface area contributed by atoms with E-state index < -0.39 is 42.3 Å². The van der Waals surface area contributed by atoms with Gasteiger partial charge in [-0.2, -0.15) is 0 Å². The van der Waals surface area contributed by atoms with Crippen molar-refractivity contribution in [2.75, 3.05) is 6.61 Å². The van der Waals surface area contributed by atoms with Crippen molar-refractivity contribution in [2.45, 2.75) is 106 Å². The molecule has 0 aromatic heterocycles. The van der Waals surface area contributed by atoms with Gasteiger partial charge in [-0.05, 0) is 55.7 Å². The third kappa shape index (κ3) is 13.3. The van der Waals surface area contributed by atoms with Gasteiger partial charge in [0.2, 0.25) is 0 Å². The maximum absolute atomic E-state index is 12.6. The van der Waals surface area contributed by atoms with Crippen LogP contribution in [0.5, 0.6) is 11.5 Å². The molecule has 0 bridgehead atoms. The first-order chi connectivity index (χ1) is 18.7. The van der Waals surface area contributed by atoms with Crippen LogP contribution in [0.4, 0.5) is 4.79 Å². The Kier molecular flexibility index (Phi) is 15.3. The van der Waals surface area contributed by atoms with E-state index in [0.717, 1.165) is 12.8 Å². The summed E-state index contributed by atoms with van der Waals surface area (Å²) in [6, 6.07) is 3.65. The molecule has 226 valence electrons. The highest BCUT2D eigenvalue weighted by Gasteiger charge is 2.25. The second-order valence-electron chi connectivity index (χ2n) is 10.9. The normalized spacial score (nSPS) is 14.8. The maximum Gasteiger partial charge on any atom is 0.508 e. The van der Waals surface area contributed by atoms with E-state index in [-0.39, 0.29) is 55.1 Å². The van der Waals surface area contributed by atoms with Crippen LogP contribution < -0.4 is 15.2 Å². The van der Waals surface area contributed by atoms with Gasteiger partial charge in [0.1, 0.15) is 18.2 Å². The van der Waals surface area contributed by atoms with E-state index in [0.29, 0.717) is 5.56 Å². The third-order valence-electron chi connectivity index (χ3n) is 6.42. The minimum Gasteiger partial charge on any atom is -0.458 e. The van der Waals surface area contributed by atoms with Gasteiger partial charge in [0, 0.05) is 12.8 Å². The van der Waals surface area contributed by atoms with E-state index in [4.69, 9.17) is 29.4 Å².